The lowest BCUT2D eigenvalue weighted by molar-refractivity contribution is 0.598. The van der Waals surface area contributed by atoms with Crippen molar-refractivity contribution < 1.29 is 0 Å². The van der Waals surface area contributed by atoms with Gasteiger partial charge in [-0.2, -0.15) is 0 Å². The lowest BCUT2D eigenvalue weighted by Gasteiger charge is -2.04. The van der Waals surface area contributed by atoms with Gasteiger partial charge in [-0.3, -0.25) is 0 Å². The zero-order valence-corrected chi connectivity index (χ0v) is 11.8. The van der Waals surface area contributed by atoms with E-state index >= 15 is 0 Å². The highest BCUT2D eigenvalue weighted by Crippen LogP contribution is 2.69. The minimum absolute atomic E-state index is 0.269. The highest BCUT2D eigenvalue weighted by Gasteiger charge is 2.59. The first kappa shape index (κ1) is 12.3. The first-order chi connectivity index (χ1) is 9.04. The second-order valence-corrected chi connectivity index (χ2v) is 6.10. The normalized spacial score (nSPS) is 24.4. The Bertz CT molecular complexity index is 598. The number of imidazole rings is 1. The van der Waals surface area contributed by atoms with E-state index in [1.54, 1.807) is 0 Å². The predicted molar refractivity (Wildman–Crippen MR) is 78.1 cm³/mol. The number of aryl methyl sites for hydroxylation is 1. The summed E-state index contributed by atoms with van der Waals surface area (Å²) in [5.74, 6) is 1.56. The van der Waals surface area contributed by atoms with Crippen molar-refractivity contribution in [3.63, 3.8) is 0 Å². The van der Waals surface area contributed by atoms with Gasteiger partial charge in [0.2, 0.25) is 0 Å². The predicted octanol–water partition coefficient (Wildman–Crippen LogP) is 3.46. The fraction of sp³-hybridized carbons (Fsp3) is 0.438. The van der Waals surface area contributed by atoms with Crippen molar-refractivity contribution in [2.24, 2.45) is 5.41 Å². The molecule has 1 aliphatic rings. The van der Waals surface area contributed by atoms with Gasteiger partial charge in [-0.05, 0) is 28.9 Å². The molecule has 1 saturated carbocycles. The van der Waals surface area contributed by atoms with Crippen LogP contribution in [0, 0.1) is 5.41 Å². The Balaban J connectivity index is 1.93. The van der Waals surface area contributed by atoms with Crippen molar-refractivity contribution in [3.05, 3.63) is 47.3 Å². The van der Waals surface area contributed by atoms with Crippen molar-refractivity contribution in [2.45, 2.75) is 39.0 Å². The number of benzene rings is 1. The third kappa shape index (κ3) is 1.93. The van der Waals surface area contributed by atoms with Gasteiger partial charge >= 0.3 is 0 Å². The van der Waals surface area contributed by atoms with Crippen molar-refractivity contribution in [1.82, 2.24) is 9.97 Å². The molecule has 1 aliphatic carbocycles. The van der Waals surface area contributed by atoms with Crippen LogP contribution < -0.4 is 5.73 Å². The quantitative estimate of drug-likeness (QED) is 0.882. The van der Waals surface area contributed by atoms with Gasteiger partial charge in [0.15, 0.2) is 5.95 Å². The molecule has 3 N–H and O–H groups in total. The fourth-order valence-corrected chi connectivity index (χ4v) is 3.36. The van der Waals surface area contributed by atoms with E-state index in [2.05, 4.69) is 55.0 Å². The number of nitrogen functional groups attached to an aromatic ring is 1. The molecule has 2 aromatic rings. The summed E-state index contributed by atoms with van der Waals surface area (Å²) in [4.78, 5) is 7.32. The third-order valence-electron chi connectivity index (χ3n) is 4.50. The van der Waals surface area contributed by atoms with E-state index in [-0.39, 0.29) is 5.41 Å². The lowest BCUT2D eigenvalue weighted by Crippen LogP contribution is -1.92. The van der Waals surface area contributed by atoms with Gasteiger partial charge in [0, 0.05) is 11.6 Å². The first-order valence-electron chi connectivity index (χ1n) is 6.93. The summed E-state index contributed by atoms with van der Waals surface area (Å²) < 4.78 is 0. The summed E-state index contributed by atoms with van der Waals surface area (Å²) in [5, 5.41) is 0. The number of rotatable bonds is 3. The summed E-state index contributed by atoms with van der Waals surface area (Å²) in [6.07, 6.45) is 2.97. The molecule has 2 atom stereocenters. The van der Waals surface area contributed by atoms with E-state index < -0.39 is 0 Å². The molecule has 1 aromatic carbocycles. The molecule has 0 spiro atoms. The number of nitrogens with one attached hydrogen (secondary N) is 1. The number of H-pyrrole nitrogens is 1. The fourth-order valence-electron chi connectivity index (χ4n) is 3.36. The Labute approximate surface area is 114 Å². The molecule has 3 nitrogen and oxygen atoms in total. The van der Waals surface area contributed by atoms with Gasteiger partial charge in [0.25, 0.3) is 0 Å². The van der Waals surface area contributed by atoms with Crippen molar-refractivity contribution in [2.75, 3.05) is 5.73 Å². The molecule has 100 valence electrons. The van der Waals surface area contributed by atoms with Crippen LogP contribution in [0.15, 0.2) is 30.5 Å². The van der Waals surface area contributed by atoms with Crippen LogP contribution in [0.4, 0.5) is 5.95 Å². The Morgan fingerprint density at radius 2 is 2.11 bits per heavy atom. The monoisotopic (exact) mass is 255 g/mol. The maximum atomic E-state index is 5.70. The van der Waals surface area contributed by atoms with Gasteiger partial charge in [-0.1, -0.05) is 45.0 Å². The molecule has 0 amide bonds. The SMILES string of the molecule is CCc1cccc([C@@H]2[C@@H](c3cnc(N)[nH]3)C2(C)C)c1. The third-order valence-corrected chi connectivity index (χ3v) is 4.50. The Morgan fingerprint density at radius 3 is 2.74 bits per heavy atom. The Kier molecular flexibility index (Phi) is 2.66. The second-order valence-electron chi connectivity index (χ2n) is 6.10. The Hall–Kier alpha value is -1.77. The van der Waals surface area contributed by atoms with Crippen LogP contribution in [0.25, 0.3) is 0 Å². The number of hydrogen-bond acceptors (Lipinski definition) is 2. The van der Waals surface area contributed by atoms with Crippen LogP contribution in [0.1, 0.15) is 49.4 Å². The number of anilines is 1. The molecule has 19 heavy (non-hydrogen) atoms. The molecular weight excluding hydrogens is 234 g/mol. The maximum Gasteiger partial charge on any atom is 0.197 e. The van der Waals surface area contributed by atoms with Crippen molar-refractivity contribution in [3.8, 4) is 0 Å². The maximum absolute atomic E-state index is 5.70. The van der Waals surface area contributed by atoms with E-state index in [1.807, 2.05) is 6.20 Å². The summed E-state index contributed by atoms with van der Waals surface area (Å²) in [7, 11) is 0. The molecule has 3 rings (SSSR count). The minimum atomic E-state index is 0.269. The van der Waals surface area contributed by atoms with Crippen LogP contribution in [0.3, 0.4) is 0 Å². The molecule has 0 unspecified atom stereocenters. The van der Waals surface area contributed by atoms with Crippen LogP contribution in [-0.2, 0) is 6.42 Å². The second kappa shape index (κ2) is 4.12. The zero-order valence-electron chi connectivity index (χ0n) is 11.8. The molecule has 1 fully saturated rings. The average molecular weight is 255 g/mol. The van der Waals surface area contributed by atoms with E-state index in [0.29, 0.717) is 17.8 Å². The molecule has 0 radical (unpaired) electrons. The number of nitrogens with zero attached hydrogens (tertiary/aromatic N) is 1. The van der Waals surface area contributed by atoms with E-state index in [0.717, 1.165) is 12.1 Å². The van der Waals surface area contributed by atoms with Gasteiger partial charge in [0.1, 0.15) is 0 Å². The molecule has 0 aliphatic heterocycles. The largest absolute Gasteiger partial charge is 0.369 e. The van der Waals surface area contributed by atoms with Gasteiger partial charge in [0.05, 0.1) is 6.20 Å². The number of hydrogen-bond donors (Lipinski definition) is 2. The van der Waals surface area contributed by atoms with Gasteiger partial charge in [-0.25, -0.2) is 4.98 Å². The van der Waals surface area contributed by atoms with Crippen LogP contribution in [0.5, 0.6) is 0 Å². The summed E-state index contributed by atoms with van der Waals surface area (Å²) >= 11 is 0. The highest BCUT2D eigenvalue weighted by molar-refractivity contribution is 5.42. The molecule has 0 bridgehead atoms. The van der Waals surface area contributed by atoms with E-state index in [4.69, 9.17) is 5.73 Å². The average Bonchev–Trinajstić information content (AvgIpc) is 2.73. The lowest BCUT2D eigenvalue weighted by atomic mass is 10.0. The minimum Gasteiger partial charge on any atom is -0.369 e. The summed E-state index contributed by atoms with van der Waals surface area (Å²) in [6.45, 7) is 6.83. The molecule has 1 heterocycles. The molecule has 0 saturated heterocycles. The van der Waals surface area contributed by atoms with Crippen molar-refractivity contribution in [1.29, 1.82) is 0 Å². The Morgan fingerprint density at radius 1 is 1.32 bits per heavy atom. The zero-order chi connectivity index (χ0) is 13.6. The van der Waals surface area contributed by atoms with Gasteiger partial charge < -0.3 is 10.7 Å². The van der Waals surface area contributed by atoms with Crippen LogP contribution in [0.2, 0.25) is 0 Å². The molecule has 3 heteroatoms. The smallest absolute Gasteiger partial charge is 0.197 e. The number of aromatic amines is 1. The van der Waals surface area contributed by atoms with E-state index in [1.165, 1.54) is 11.1 Å². The van der Waals surface area contributed by atoms with Crippen LogP contribution in [-0.4, -0.2) is 9.97 Å². The van der Waals surface area contributed by atoms with Gasteiger partial charge in [-0.15, -0.1) is 0 Å². The van der Waals surface area contributed by atoms with Crippen LogP contribution >= 0.6 is 0 Å². The molecular formula is C16H21N3. The summed E-state index contributed by atoms with van der Waals surface area (Å²) in [6, 6.07) is 8.94. The highest BCUT2D eigenvalue weighted by atomic mass is 15.0. The number of aromatic nitrogens is 2. The first-order valence-corrected chi connectivity index (χ1v) is 6.93. The topological polar surface area (TPSA) is 54.7 Å². The standard InChI is InChI=1S/C16H21N3/c1-4-10-6-5-7-11(8-10)13-14(16(13,2)3)12-9-18-15(17)19-12/h5-9,13-14H,4H2,1-3H3,(H3,17,18,19)/t13-,14-/m1/s1. The number of nitrogens with two attached hydrogens (primary N) is 1. The summed E-state index contributed by atoms with van der Waals surface area (Å²) in [5.41, 5.74) is 9.97. The van der Waals surface area contributed by atoms with E-state index in [9.17, 15) is 0 Å². The van der Waals surface area contributed by atoms with Crippen molar-refractivity contribution >= 4 is 5.95 Å². The molecule has 1 aromatic heterocycles.